The van der Waals surface area contributed by atoms with Gasteiger partial charge in [-0.1, -0.05) is 18.5 Å². The number of halogens is 1. The van der Waals surface area contributed by atoms with Gasteiger partial charge >= 0.3 is 0 Å². The van der Waals surface area contributed by atoms with Crippen LogP contribution in [0, 0.1) is 5.41 Å². The predicted molar refractivity (Wildman–Crippen MR) is 56.5 cm³/mol. The molecule has 0 spiro atoms. The van der Waals surface area contributed by atoms with E-state index < -0.39 is 0 Å². The van der Waals surface area contributed by atoms with E-state index in [1.807, 2.05) is 6.07 Å². The molecule has 0 saturated carbocycles. The van der Waals surface area contributed by atoms with E-state index in [-0.39, 0.29) is 12.0 Å². The molecule has 2 rings (SSSR count). The largest absolute Gasteiger partial charge is 0.396 e. The number of aliphatic hydroxyl groups excluding tert-OH is 1. The van der Waals surface area contributed by atoms with Gasteiger partial charge in [-0.25, -0.2) is 0 Å². The third-order valence-electron chi connectivity index (χ3n) is 3.27. The fraction of sp³-hybridized carbons (Fsp3) is 0.545. The van der Waals surface area contributed by atoms with Gasteiger partial charge in [-0.2, -0.15) is 0 Å². The molecule has 1 aliphatic carbocycles. The third kappa shape index (κ3) is 1.43. The molecule has 0 aromatic carbocycles. The Morgan fingerprint density at radius 1 is 1.57 bits per heavy atom. The Morgan fingerprint density at radius 2 is 2.36 bits per heavy atom. The Kier molecular flexibility index (Phi) is 2.50. The van der Waals surface area contributed by atoms with Crippen LogP contribution in [0.3, 0.4) is 0 Å². The number of pyridine rings is 1. The lowest BCUT2D eigenvalue weighted by molar-refractivity contribution is 0.129. The van der Waals surface area contributed by atoms with Crippen LogP contribution >= 0.6 is 11.6 Å². The van der Waals surface area contributed by atoms with E-state index in [0.717, 1.165) is 35.5 Å². The highest BCUT2D eigenvalue weighted by Gasteiger charge is 2.36. The minimum atomic E-state index is -0.0136. The summed E-state index contributed by atoms with van der Waals surface area (Å²) < 4.78 is 0. The van der Waals surface area contributed by atoms with Crippen molar-refractivity contribution in [2.24, 2.45) is 5.41 Å². The maximum Gasteiger partial charge on any atom is 0.0494 e. The molecule has 0 amide bonds. The summed E-state index contributed by atoms with van der Waals surface area (Å²) >= 11 is 6.09. The molecule has 1 aliphatic rings. The lowest BCUT2D eigenvalue weighted by Crippen LogP contribution is -2.24. The van der Waals surface area contributed by atoms with Crippen LogP contribution in [0.15, 0.2) is 12.3 Å². The topological polar surface area (TPSA) is 33.1 Å². The molecule has 0 aliphatic heterocycles. The monoisotopic (exact) mass is 211 g/mol. The van der Waals surface area contributed by atoms with E-state index >= 15 is 0 Å². The first-order chi connectivity index (χ1) is 6.71. The Morgan fingerprint density at radius 3 is 2.93 bits per heavy atom. The number of aromatic nitrogens is 1. The summed E-state index contributed by atoms with van der Waals surface area (Å²) in [4.78, 5) is 4.32. The summed E-state index contributed by atoms with van der Waals surface area (Å²) in [5.74, 6) is 0. The molecule has 2 nitrogen and oxygen atoms in total. The molecule has 0 radical (unpaired) electrons. The zero-order valence-corrected chi connectivity index (χ0v) is 9.01. The minimum Gasteiger partial charge on any atom is -0.396 e. The first-order valence-electron chi connectivity index (χ1n) is 4.94. The number of rotatable bonds is 2. The molecule has 0 bridgehead atoms. The maximum absolute atomic E-state index is 9.41. The highest BCUT2D eigenvalue weighted by atomic mass is 35.5. The van der Waals surface area contributed by atoms with Gasteiger partial charge in [0, 0.05) is 28.9 Å². The van der Waals surface area contributed by atoms with E-state index in [2.05, 4.69) is 11.9 Å². The normalized spacial score (nSPS) is 25.1. The van der Waals surface area contributed by atoms with Gasteiger partial charge in [0.25, 0.3) is 0 Å². The fourth-order valence-corrected chi connectivity index (χ4v) is 2.35. The van der Waals surface area contributed by atoms with Gasteiger partial charge in [0.2, 0.25) is 0 Å². The molecule has 1 aromatic heterocycles. The standard InChI is InChI=1S/C11H14ClNO/c1-2-11(7-14)5-8-9(12)3-4-13-10(8)6-11/h3-4,14H,2,5-7H2,1H3. The molecule has 1 unspecified atom stereocenters. The summed E-state index contributed by atoms with van der Waals surface area (Å²) in [6.45, 7) is 2.33. The molecule has 76 valence electrons. The van der Waals surface area contributed by atoms with Crippen LogP contribution in [0.25, 0.3) is 0 Å². The summed E-state index contributed by atoms with van der Waals surface area (Å²) in [6.07, 6.45) is 4.43. The summed E-state index contributed by atoms with van der Waals surface area (Å²) in [6, 6.07) is 1.82. The van der Waals surface area contributed by atoms with Crippen LogP contribution in [0.2, 0.25) is 5.02 Å². The van der Waals surface area contributed by atoms with Crippen LogP contribution in [0.1, 0.15) is 24.6 Å². The summed E-state index contributed by atoms with van der Waals surface area (Å²) in [5.41, 5.74) is 2.18. The van der Waals surface area contributed by atoms with Crippen molar-refractivity contribution in [3.8, 4) is 0 Å². The summed E-state index contributed by atoms with van der Waals surface area (Å²) in [5, 5.41) is 10.2. The van der Waals surface area contributed by atoms with E-state index in [0.29, 0.717) is 0 Å². The molecular formula is C11H14ClNO. The van der Waals surface area contributed by atoms with Crippen molar-refractivity contribution in [1.29, 1.82) is 0 Å². The SMILES string of the molecule is CCC1(CO)Cc2nccc(Cl)c2C1. The maximum atomic E-state index is 9.41. The average Bonchev–Trinajstić information content (AvgIpc) is 2.59. The molecule has 1 N–H and O–H groups in total. The number of fused-ring (bicyclic) bond motifs is 1. The molecule has 0 saturated heterocycles. The van der Waals surface area contributed by atoms with Gasteiger partial charge in [-0.05, 0) is 30.9 Å². The predicted octanol–water partition coefficient (Wildman–Crippen LogP) is 2.22. The molecule has 14 heavy (non-hydrogen) atoms. The Hall–Kier alpha value is -0.600. The Bertz CT molecular complexity index is 347. The Balaban J connectivity index is 2.38. The van der Waals surface area contributed by atoms with Gasteiger partial charge in [0.15, 0.2) is 0 Å². The van der Waals surface area contributed by atoms with Crippen LogP contribution in [0.5, 0.6) is 0 Å². The van der Waals surface area contributed by atoms with Crippen molar-refractivity contribution < 1.29 is 5.11 Å². The van der Waals surface area contributed by atoms with E-state index in [1.54, 1.807) is 6.20 Å². The van der Waals surface area contributed by atoms with E-state index in [9.17, 15) is 5.11 Å². The van der Waals surface area contributed by atoms with Crippen LogP contribution in [-0.4, -0.2) is 16.7 Å². The fourth-order valence-electron chi connectivity index (χ4n) is 2.11. The zero-order chi connectivity index (χ0) is 10.2. The lowest BCUT2D eigenvalue weighted by Gasteiger charge is -2.23. The van der Waals surface area contributed by atoms with Crippen molar-refractivity contribution in [3.63, 3.8) is 0 Å². The van der Waals surface area contributed by atoms with Gasteiger partial charge < -0.3 is 5.11 Å². The molecule has 1 aromatic rings. The highest BCUT2D eigenvalue weighted by Crippen LogP contribution is 2.40. The van der Waals surface area contributed by atoms with Gasteiger partial charge in [0.1, 0.15) is 0 Å². The smallest absolute Gasteiger partial charge is 0.0494 e. The molecule has 1 atom stereocenters. The summed E-state index contributed by atoms with van der Waals surface area (Å²) in [7, 11) is 0. The van der Waals surface area contributed by atoms with Gasteiger partial charge in [-0.15, -0.1) is 0 Å². The minimum absolute atomic E-state index is 0.0136. The van der Waals surface area contributed by atoms with Crippen LogP contribution < -0.4 is 0 Å². The van der Waals surface area contributed by atoms with Crippen molar-refractivity contribution in [3.05, 3.63) is 28.5 Å². The number of hydrogen-bond acceptors (Lipinski definition) is 2. The first kappa shape index (κ1) is 9.94. The molecule has 1 heterocycles. The highest BCUT2D eigenvalue weighted by molar-refractivity contribution is 6.31. The van der Waals surface area contributed by atoms with Gasteiger partial charge in [0.05, 0.1) is 0 Å². The second-order valence-electron chi connectivity index (χ2n) is 4.08. The quantitative estimate of drug-likeness (QED) is 0.814. The molecule has 0 fully saturated rings. The van der Waals surface area contributed by atoms with Gasteiger partial charge in [-0.3, -0.25) is 4.98 Å². The zero-order valence-electron chi connectivity index (χ0n) is 8.26. The molecular weight excluding hydrogens is 198 g/mol. The van der Waals surface area contributed by atoms with E-state index in [4.69, 9.17) is 11.6 Å². The Labute approximate surface area is 88.9 Å². The number of aliphatic hydroxyl groups is 1. The van der Waals surface area contributed by atoms with Crippen molar-refractivity contribution in [2.75, 3.05) is 6.61 Å². The van der Waals surface area contributed by atoms with Crippen LogP contribution in [0.4, 0.5) is 0 Å². The van der Waals surface area contributed by atoms with Crippen molar-refractivity contribution in [1.82, 2.24) is 4.98 Å². The molecule has 3 heteroatoms. The van der Waals surface area contributed by atoms with Crippen molar-refractivity contribution >= 4 is 11.6 Å². The second kappa shape index (κ2) is 3.52. The van der Waals surface area contributed by atoms with E-state index in [1.165, 1.54) is 0 Å². The van der Waals surface area contributed by atoms with Crippen molar-refractivity contribution in [2.45, 2.75) is 26.2 Å². The average molecular weight is 212 g/mol. The number of hydrogen-bond donors (Lipinski definition) is 1. The number of nitrogens with zero attached hydrogens (tertiary/aromatic N) is 1. The third-order valence-corrected chi connectivity index (χ3v) is 3.62. The lowest BCUT2D eigenvalue weighted by atomic mass is 9.83. The first-order valence-corrected chi connectivity index (χ1v) is 5.32. The second-order valence-corrected chi connectivity index (χ2v) is 4.49. The van der Waals surface area contributed by atoms with Crippen LogP contribution in [-0.2, 0) is 12.8 Å².